The number of nitrogens with one attached hydrogen (secondary N) is 3. The number of carbonyl (C=O) groups is 1. The van der Waals surface area contributed by atoms with Gasteiger partial charge in [-0.15, -0.1) is 0 Å². The van der Waals surface area contributed by atoms with Crippen molar-refractivity contribution in [3.8, 4) is 11.3 Å². The summed E-state index contributed by atoms with van der Waals surface area (Å²) in [7, 11) is 1.52. The van der Waals surface area contributed by atoms with Crippen molar-refractivity contribution in [1.82, 2.24) is 19.6 Å². The molecule has 8 nitrogen and oxygen atoms in total. The summed E-state index contributed by atoms with van der Waals surface area (Å²) in [5, 5.41) is 26.4. The molecular weight excluding hydrogens is 478 g/mol. The average Bonchev–Trinajstić information content (AvgIpc) is 3.61. The molecule has 2 heterocycles. The maximum Gasteiger partial charge on any atom is 0.334 e. The number of fused-ring (bicyclic) bond motifs is 1. The number of carbonyl (C=O) groups excluding carboxylic acids is 1. The fourth-order valence-electron chi connectivity index (χ4n) is 3.79. The molecule has 4 aromatic rings. The third kappa shape index (κ3) is 4.04. The molecule has 0 saturated heterocycles. The molecule has 0 bridgehead atoms. The van der Waals surface area contributed by atoms with Crippen molar-refractivity contribution in [1.29, 1.82) is 10.8 Å². The summed E-state index contributed by atoms with van der Waals surface area (Å²) < 4.78 is 61.8. The number of hydrogen-bond acceptors (Lipinski definition) is 5. The molecule has 1 amide bonds. The van der Waals surface area contributed by atoms with E-state index in [-0.39, 0.29) is 39.7 Å². The minimum atomic E-state index is -4.15. The van der Waals surface area contributed by atoms with Gasteiger partial charge in [0.25, 0.3) is 0 Å². The molecule has 2 aromatic heterocycles. The van der Waals surface area contributed by atoms with Crippen LogP contribution in [0.5, 0.6) is 0 Å². The van der Waals surface area contributed by atoms with Crippen LogP contribution in [-0.4, -0.2) is 31.3 Å². The molecule has 0 spiro atoms. The zero-order chi connectivity index (χ0) is 25.8. The summed E-state index contributed by atoms with van der Waals surface area (Å²) in [5.41, 5.74) is -1.30. The fourth-order valence-corrected chi connectivity index (χ4v) is 3.79. The van der Waals surface area contributed by atoms with Gasteiger partial charge < -0.3 is 5.32 Å². The molecule has 1 saturated carbocycles. The number of aryl methyl sites for hydroxylation is 1. The number of hydrogen-bond donors (Lipinski definition) is 3. The Kier molecular flexibility index (Phi) is 5.46. The van der Waals surface area contributed by atoms with Gasteiger partial charge >= 0.3 is 5.92 Å². The molecule has 2 aromatic carbocycles. The van der Waals surface area contributed by atoms with Crippen LogP contribution in [0.1, 0.15) is 18.4 Å². The van der Waals surface area contributed by atoms with E-state index in [1.165, 1.54) is 42.2 Å². The highest BCUT2D eigenvalue weighted by Gasteiger charge is 2.42. The topological polar surface area (TPSA) is 112 Å². The highest BCUT2D eigenvalue weighted by Crippen LogP contribution is 2.35. The molecule has 1 fully saturated rings. The van der Waals surface area contributed by atoms with E-state index in [2.05, 4.69) is 15.5 Å². The molecule has 0 atom stereocenters. The lowest BCUT2D eigenvalue weighted by Crippen LogP contribution is -2.40. The standard InChI is InChI=1S/C24H19F4N7O/c1-34-11-14-18(32-34)7-5-15(21(14)26)24(27,28)23(30)35-20(29)9-8-17(33-35)13-4-6-19(16(25)10-13)31-22(36)12-2-3-12/h4-12,29-30H,2-3H2,1H3,(H,31,36). The van der Waals surface area contributed by atoms with Gasteiger partial charge in [0, 0.05) is 24.7 Å². The van der Waals surface area contributed by atoms with Gasteiger partial charge in [-0.25, -0.2) is 8.78 Å². The lowest BCUT2D eigenvalue weighted by molar-refractivity contribution is -0.117. The summed E-state index contributed by atoms with van der Waals surface area (Å²) >= 11 is 0. The predicted octanol–water partition coefficient (Wildman–Crippen LogP) is 4.16. The van der Waals surface area contributed by atoms with Gasteiger partial charge in [-0.05, 0) is 49.2 Å². The minimum absolute atomic E-state index is 0.00583. The maximum atomic E-state index is 15.3. The van der Waals surface area contributed by atoms with E-state index >= 15 is 8.78 Å². The lowest BCUT2D eigenvalue weighted by Gasteiger charge is -2.20. The molecular formula is C24H19F4N7O. The smallest absolute Gasteiger partial charge is 0.323 e. The first-order chi connectivity index (χ1) is 17.1. The van der Waals surface area contributed by atoms with Gasteiger partial charge in [0.2, 0.25) is 5.91 Å². The zero-order valence-electron chi connectivity index (χ0n) is 18.8. The van der Waals surface area contributed by atoms with Crippen LogP contribution in [0.4, 0.5) is 23.2 Å². The zero-order valence-corrected chi connectivity index (χ0v) is 18.8. The van der Waals surface area contributed by atoms with Crippen molar-refractivity contribution in [3.05, 3.63) is 71.3 Å². The van der Waals surface area contributed by atoms with Crippen LogP contribution in [0, 0.1) is 28.4 Å². The van der Waals surface area contributed by atoms with Gasteiger partial charge in [0.1, 0.15) is 17.1 Å². The Labute approximate surface area is 201 Å². The minimum Gasteiger partial charge on any atom is -0.323 e. The third-order valence-corrected chi connectivity index (χ3v) is 5.89. The molecule has 12 heteroatoms. The number of anilines is 1. The summed E-state index contributed by atoms with van der Waals surface area (Å²) in [6, 6.07) is 8.31. The third-order valence-electron chi connectivity index (χ3n) is 5.89. The maximum absolute atomic E-state index is 15.3. The Balaban J connectivity index is 1.48. The summed E-state index contributed by atoms with van der Waals surface area (Å²) in [4.78, 5) is 11.9. The van der Waals surface area contributed by atoms with Crippen LogP contribution >= 0.6 is 0 Å². The van der Waals surface area contributed by atoms with Crippen LogP contribution in [0.3, 0.4) is 0 Å². The van der Waals surface area contributed by atoms with Crippen LogP contribution in [0.2, 0.25) is 0 Å². The molecule has 36 heavy (non-hydrogen) atoms. The Morgan fingerprint density at radius 1 is 1.11 bits per heavy atom. The molecule has 5 rings (SSSR count). The van der Waals surface area contributed by atoms with E-state index in [1.807, 2.05) is 0 Å². The van der Waals surface area contributed by atoms with Crippen LogP contribution in [0.25, 0.3) is 22.2 Å². The van der Waals surface area contributed by atoms with Gasteiger partial charge in [0.05, 0.1) is 27.8 Å². The predicted molar refractivity (Wildman–Crippen MR) is 123 cm³/mol. The second kappa shape index (κ2) is 8.40. The van der Waals surface area contributed by atoms with Crippen molar-refractivity contribution in [2.75, 3.05) is 5.32 Å². The quantitative estimate of drug-likeness (QED) is 0.219. The average molecular weight is 497 g/mol. The first-order valence-electron chi connectivity index (χ1n) is 10.9. The molecule has 1 aliphatic carbocycles. The number of halogens is 4. The molecule has 0 radical (unpaired) electrons. The number of rotatable bonds is 5. The van der Waals surface area contributed by atoms with Gasteiger partial charge in [-0.3, -0.25) is 20.3 Å². The van der Waals surface area contributed by atoms with Crippen LogP contribution in [-0.2, 0) is 17.8 Å². The van der Waals surface area contributed by atoms with Crippen LogP contribution in [0.15, 0.2) is 48.7 Å². The normalized spacial score (nSPS) is 13.7. The lowest BCUT2D eigenvalue weighted by atomic mass is 10.0. The van der Waals surface area contributed by atoms with Gasteiger partial charge in [-0.1, -0.05) is 6.07 Å². The number of benzene rings is 2. The van der Waals surface area contributed by atoms with Crippen molar-refractivity contribution in [2.45, 2.75) is 18.8 Å². The van der Waals surface area contributed by atoms with E-state index in [0.29, 0.717) is 4.68 Å². The van der Waals surface area contributed by atoms with Crippen molar-refractivity contribution in [3.63, 3.8) is 0 Å². The molecule has 3 N–H and O–H groups in total. The van der Waals surface area contributed by atoms with Crippen molar-refractivity contribution < 1.29 is 22.4 Å². The summed E-state index contributed by atoms with van der Waals surface area (Å²) in [5.74, 6) is -7.98. The van der Waals surface area contributed by atoms with Crippen molar-refractivity contribution >= 4 is 28.3 Å². The monoisotopic (exact) mass is 497 g/mol. The Bertz CT molecular complexity index is 1600. The first kappa shape index (κ1) is 23.4. The van der Waals surface area contributed by atoms with Gasteiger partial charge in [0.15, 0.2) is 5.84 Å². The fraction of sp³-hybridized carbons (Fsp3) is 0.208. The Morgan fingerprint density at radius 3 is 2.56 bits per heavy atom. The second-order valence-corrected chi connectivity index (χ2v) is 8.56. The van der Waals surface area contributed by atoms with E-state index in [0.717, 1.165) is 31.0 Å². The molecule has 0 unspecified atom stereocenters. The largest absolute Gasteiger partial charge is 0.334 e. The van der Waals surface area contributed by atoms with E-state index in [1.54, 1.807) is 0 Å². The SMILES string of the molecule is Cn1cc2c(F)c(C(F)(F)C(=N)n3nc(-c4ccc(NC(=O)C5CC5)c(F)c4)ccc3=N)ccc2n1. The number of aromatic nitrogens is 4. The second-order valence-electron chi connectivity index (χ2n) is 8.56. The Morgan fingerprint density at radius 2 is 1.86 bits per heavy atom. The highest BCUT2D eigenvalue weighted by molar-refractivity contribution is 5.94. The Hall–Kier alpha value is -4.35. The first-order valence-corrected chi connectivity index (χ1v) is 10.9. The summed E-state index contributed by atoms with van der Waals surface area (Å²) in [6.45, 7) is 0. The molecule has 1 aliphatic rings. The van der Waals surface area contributed by atoms with Crippen LogP contribution < -0.4 is 10.8 Å². The highest BCUT2D eigenvalue weighted by atomic mass is 19.3. The van der Waals surface area contributed by atoms with Crippen molar-refractivity contribution in [2.24, 2.45) is 13.0 Å². The summed E-state index contributed by atoms with van der Waals surface area (Å²) in [6.07, 6.45) is 2.76. The number of nitrogens with zero attached hydrogens (tertiary/aromatic N) is 4. The van der Waals surface area contributed by atoms with E-state index in [4.69, 9.17) is 10.8 Å². The van der Waals surface area contributed by atoms with Gasteiger partial charge in [-0.2, -0.15) is 23.7 Å². The molecule has 184 valence electrons. The number of amides is 1. The number of alkyl halides is 2. The molecule has 0 aliphatic heterocycles. The van der Waals surface area contributed by atoms with E-state index in [9.17, 15) is 13.6 Å². The van der Waals surface area contributed by atoms with E-state index < -0.39 is 34.4 Å².